The second-order valence-electron chi connectivity index (χ2n) is 4.01. The number of benzene rings is 2. The Morgan fingerprint density at radius 1 is 0.812 bits per heavy atom. The molecule has 0 N–H and O–H groups in total. The Morgan fingerprint density at radius 2 is 1.44 bits per heavy atom. The Bertz CT molecular complexity index is 446. The third kappa shape index (κ3) is 2.43. The molecular formula is C15H16N. The molecule has 0 bridgehead atoms. The quantitative estimate of drug-likeness (QED) is 0.751. The topological polar surface area (TPSA) is 3.24 Å². The smallest absolute Gasteiger partial charge is 0.0400 e. The number of nitrogens with zero attached hydrogens (tertiary/aromatic N) is 1. The monoisotopic (exact) mass is 210 g/mol. The fourth-order valence-corrected chi connectivity index (χ4v) is 1.75. The van der Waals surface area contributed by atoms with Gasteiger partial charge in [-0.2, -0.15) is 0 Å². The van der Waals surface area contributed by atoms with Gasteiger partial charge in [-0.05, 0) is 17.2 Å². The van der Waals surface area contributed by atoms with Crippen LogP contribution in [-0.4, -0.2) is 14.1 Å². The van der Waals surface area contributed by atoms with Crippen molar-refractivity contribution in [3.63, 3.8) is 0 Å². The molecule has 2 aromatic carbocycles. The largest absolute Gasteiger partial charge is 0.377 e. The van der Waals surface area contributed by atoms with Crippen LogP contribution in [0, 0.1) is 6.42 Å². The van der Waals surface area contributed by atoms with Gasteiger partial charge in [-0.1, -0.05) is 48.5 Å². The number of anilines is 1. The van der Waals surface area contributed by atoms with Gasteiger partial charge < -0.3 is 4.90 Å². The van der Waals surface area contributed by atoms with Crippen LogP contribution in [-0.2, 0) is 0 Å². The van der Waals surface area contributed by atoms with Gasteiger partial charge in [0.15, 0.2) is 0 Å². The standard InChI is InChI=1S/C15H16N/c1-16(2)15-11-7-6-10-14(15)12-13-8-4-3-5-9-13/h3-12H,1-2H3. The van der Waals surface area contributed by atoms with Crippen LogP contribution in [0.4, 0.5) is 5.69 Å². The Kier molecular flexibility index (Phi) is 3.25. The van der Waals surface area contributed by atoms with E-state index in [0.29, 0.717) is 0 Å². The highest BCUT2D eigenvalue weighted by Gasteiger charge is 2.04. The fourth-order valence-electron chi connectivity index (χ4n) is 1.75. The first-order valence-corrected chi connectivity index (χ1v) is 5.43. The average molecular weight is 210 g/mol. The van der Waals surface area contributed by atoms with Crippen molar-refractivity contribution in [2.45, 2.75) is 0 Å². The predicted molar refractivity (Wildman–Crippen MR) is 69.7 cm³/mol. The molecule has 0 aliphatic carbocycles. The maximum absolute atomic E-state index is 2.20. The van der Waals surface area contributed by atoms with Crippen LogP contribution in [0.15, 0.2) is 54.6 Å². The molecule has 0 amide bonds. The van der Waals surface area contributed by atoms with E-state index in [1.54, 1.807) is 0 Å². The number of rotatable bonds is 3. The van der Waals surface area contributed by atoms with E-state index >= 15 is 0 Å². The summed E-state index contributed by atoms with van der Waals surface area (Å²) in [6.07, 6.45) is 2.20. The van der Waals surface area contributed by atoms with Gasteiger partial charge in [0, 0.05) is 26.2 Å². The zero-order valence-corrected chi connectivity index (χ0v) is 9.72. The zero-order valence-electron chi connectivity index (χ0n) is 9.72. The normalized spacial score (nSPS) is 10.1. The molecule has 0 spiro atoms. The van der Waals surface area contributed by atoms with Crippen LogP contribution in [0.3, 0.4) is 0 Å². The third-order valence-electron chi connectivity index (χ3n) is 2.54. The number of hydrogen-bond acceptors (Lipinski definition) is 1. The molecule has 0 unspecified atom stereocenters. The highest BCUT2D eigenvalue weighted by molar-refractivity contribution is 5.58. The van der Waals surface area contributed by atoms with E-state index in [1.807, 2.05) is 6.07 Å². The molecule has 16 heavy (non-hydrogen) atoms. The molecule has 0 heterocycles. The van der Waals surface area contributed by atoms with E-state index in [1.165, 1.54) is 16.8 Å². The molecule has 0 aliphatic heterocycles. The molecule has 1 heteroatoms. The van der Waals surface area contributed by atoms with Crippen LogP contribution in [0.2, 0.25) is 0 Å². The number of hydrogen-bond donors (Lipinski definition) is 0. The second-order valence-corrected chi connectivity index (χ2v) is 4.01. The summed E-state index contributed by atoms with van der Waals surface area (Å²) in [5, 5.41) is 0. The van der Waals surface area contributed by atoms with E-state index in [0.717, 1.165) is 0 Å². The van der Waals surface area contributed by atoms with Gasteiger partial charge >= 0.3 is 0 Å². The summed E-state index contributed by atoms with van der Waals surface area (Å²) in [6.45, 7) is 0. The van der Waals surface area contributed by atoms with Gasteiger partial charge in [-0.25, -0.2) is 0 Å². The molecule has 1 radical (unpaired) electrons. The lowest BCUT2D eigenvalue weighted by molar-refractivity contribution is 1.12. The molecule has 0 saturated heterocycles. The van der Waals surface area contributed by atoms with Crippen molar-refractivity contribution in [2.75, 3.05) is 19.0 Å². The summed E-state index contributed by atoms with van der Waals surface area (Å²) >= 11 is 0. The minimum absolute atomic E-state index is 1.23. The van der Waals surface area contributed by atoms with Crippen molar-refractivity contribution >= 4 is 5.69 Å². The predicted octanol–water partition coefficient (Wildman–Crippen LogP) is 3.35. The van der Waals surface area contributed by atoms with Crippen LogP contribution >= 0.6 is 0 Å². The summed E-state index contributed by atoms with van der Waals surface area (Å²) < 4.78 is 0. The Hall–Kier alpha value is -1.76. The Balaban J connectivity index is 2.28. The van der Waals surface area contributed by atoms with Crippen molar-refractivity contribution in [3.05, 3.63) is 72.1 Å². The van der Waals surface area contributed by atoms with Gasteiger partial charge in [0.05, 0.1) is 0 Å². The van der Waals surface area contributed by atoms with Crippen LogP contribution in [0.5, 0.6) is 0 Å². The van der Waals surface area contributed by atoms with Crippen molar-refractivity contribution < 1.29 is 0 Å². The number of para-hydroxylation sites is 1. The second kappa shape index (κ2) is 4.84. The molecular weight excluding hydrogens is 194 g/mol. The van der Waals surface area contributed by atoms with Gasteiger partial charge in [0.2, 0.25) is 0 Å². The lowest BCUT2D eigenvalue weighted by Crippen LogP contribution is -2.10. The molecule has 2 rings (SSSR count). The highest BCUT2D eigenvalue weighted by Crippen LogP contribution is 2.22. The van der Waals surface area contributed by atoms with Crippen LogP contribution in [0.25, 0.3) is 0 Å². The fraction of sp³-hybridized carbons (Fsp3) is 0.133. The molecule has 1 nitrogen and oxygen atoms in total. The van der Waals surface area contributed by atoms with Gasteiger partial charge in [-0.3, -0.25) is 0 Å². The minimum atomic E-state index is 1.23. The Labute approximate surface area is 97.3 Å². The molecule has 0 atom stereocenters. The first-order chi connectivity index (χ1) is 7.77. The SMILES string of the molecule is CN(C)c1ccccc1[CH]c1ccccc1. The maximum atomic E-state index is 2.20. The van der Waals surface area contributed by atoms with Gasteiger partial charge in [-0.15, -0.1) is 0 Å². The molecule has 81 valence electrons. The first-order valence-electron chi connectivity index (χ1n) is 5.43. The van der Waals surface area contributed by atoms with Crippen LogP contribution < -0.4 is 4.90 Å². The lowest BCUT2D eigenvalue weighted by Gasteiger charge is -2.17. The zero-order chi connectivity index (χ0) is 11.4. The van der Waals surface area contributed by atoms with Crippen molar-refractivity contribution in [1.29, 1.82) is 0 Å². The maximum Gasteiger partial charge on any atom is 0.0400 e. The van der Waals surface area contributed by atoms with Gasteiger partial charge in [0.25, 0.3) is 0 Å². The summed E-state index contributed by atoms with van der Waals surface area (Å²) in [4.78, 5) is 2.13. The molecule has 2 aromatic rings. The third-order valence-corrected chi connectivity index (χ3v) is 2.54. The minimum Gasteiger partial charge on any atom is -0.377 e. The first kappa shape index (κ1) is 10.7. The lowest BCUT2D eigenvalue weighted by atomic mass is 10.0. The molecule has 0 aromatic heterocycles. The average Bonchev–Trinajstić information content (AvgIpc) is 2.31. The summed E-state index contributed by atoms with van der Waals surface area (Å²) in [7, 11) is 4.13. The summed E-state index contributed by atoms with van der Waals surface area (Å²) in [5.74, 6) is 0. The van der Waals surface area contributed by atoms with Crippen LogP contribution in [0.1, 0.15) is 11.1 Å². The molecule has 0 saturated carbocycles. The van der Waals surface area contributed by atoms with E-state index in [2.05, 4.69) is 73.9 Å². The highest BCUT2D eigenvalue weighted by atomic mass is 15.1. The van der Waals surface area contributed by atoms with Crippen molar-refractivity contribution in [3.8, 4) is 0 Å². The van der Waals surface area contributed by atoms with E-state index in [4.69, 9.17) is 0 Å². The summed E-state index contributed by atoms with van der Waals surface area (Å²) in [5.41, 5.74) is 3.72. The molecule has 0 aliphatic rings. The van der Waals surface area contributed by atoms with Crippen molar-refractivity contribution in [2.24, 2.45) is 0 Å². The van der Waals surface area contributed by atoms with E-state index in [9.17, 15) is 0 Å². The van der Waals surface area contributed by atoms with Crippen molar-refractivity contribution in [1.82, 2.24) is 0 Å². The Morgan fingerprint density at radius 3 is 2.12 bits per heavy atom. The van der Waals surface area contributed by atoms with Gasteiger partial charge in [0.1, 0.15) is 0 Å². The van der Waals surface area contributed by atoms with E-state index < -0.39 is 0 Å². The molecule has 0 fully saturated rings. The van der Waals surface area contributed by atoms with E-state index in [-0.39, 0.29) is 0 Å². The summed E-state index contributed by atoms with van der Waals surface area (Å²) in [6, 6.07) is 18.8.